The summed E-state index contributed by atoms with van der Waals surface area (Å²) in [6, 6.07) is 6.45. The van der Waals surface area contributed by atoms with Gasteiger partial charge in [0.15, 0.2) is 0 Å². The third-order valence-corrected chi connectivity index (χ3v) is 3.83. The van der Waals surface area contributed by atoms with Crippen LogP contribution in [-0.2, 0) is 9.63 Å². The molecule has 1 aromatic carbocycles. The molecule has 0 saturated carbocycles. The minimum atomic E-state index is -0.577. The molecule has 118 valence electrons. The molecule has 0 saturated heterocycles. The Morgan fingerprint density at radius 3 is 2.23 bits per heavy atom. The van der Waals surface area contributed by atoms with Gasteiger partial charge in [-0.25, -0.2) is 4.79 Å². The first-order valence-corrected chi connectivity index (χ1v) is 7.76. The van der Waals surface area contributed by atoms with Crippen molar-refractivity contribution in [3.8, 4) is 0 Å². The molecule has 1 aliphatic rings. The van der Waals surface area contributed by atoms with E-state index in [1.54, 1.807) is 31.2 Å². The quantitative estimate of drug-likeness (QED) is 0.572. The molecule has 0 N–H and O–H groups in total. The van der Waals surface area contributed by atoms with E-state index in [-0.39, 0.29) is 17.0 Å². The molecule has 1 aliphatic heterocycles. The SMILES string of the molecule is CCCCCCC(C)C(=O)ON1C(=O)c2ccccc2C1=O. The number of benzene rings is 1. The summed E-state index contributed by atoms with van der Waals surface area (Å²) in [6.07, 6.45) is 4.98. The number of carbonyl (C=O) groups excluding carboxylic acids is 3. The maximum atomic E-state index is 12.1. The van der Waals surface area contributed by atoms with Gasteiger partial charge in [-0.2, -0.15) is 0 Å². The van der Waals surface area contributed by atoms with Crippen molar-refractivity contribution < 1.29 is 19.2 Å². The molecule has 0 aromatic heterocycles. The summed E-state index contributed by atoms with van der Waals surface area (Å²) >= 11 is 0. The lowest BCUT2D eigenvalue weighted by molar-refractivity contribution is -0.173. The molecule has 1 aromatic rings. The number of unbranched alkanes of at least 4 members (excludes halogenated alkanes) is 3. The largest absolute Gasteiger partial charge is 0.335 e. The van der Waals surface area contributed by atoms with Crippen LogP contribution in [0.3, 0.4) is 0 Å². The fraction of sp³-hybridized carbons (Fsp3) is 0.471. The van der Waals surface area contributed by atoms with Gasteiger partial charge in [0.05, 0.1) is 17.0 Å². The van der Waals surface area contributed by atoms with Gasteiger partial charge >= 0.3 is 5.97 Å². The number of hydrogen-bond donors (Lipinski definition) is 0. The molecule has 0 bridgehead atoms. The number of rotatable bonds is 7. The Morgan fingerprint density at radius 2 is 1.68 bits per heavy atom. The summed E-state index contributed by atoms with van der Waals surface area (Å²) in [5.41, 5.74) is 0.548. The molecule has 2 amide bonds. The number of imide groups is 1. The lowest BCUT2D eigenvalue weighted by Gasteiger charge is -2.16. The molecule has 1 unspecified atom stereocenters. The van der Waals surface area contributed by atoms with Gasteiger partial charge in [0.2, 0.25) is 0 Å². The van der Waals surface area contributed by atoms with Gasteiger partial charge < -0.3 is 4.84 Å². The Balaban J connectivity index is 1.93. The summed E-state index contributed by atoms with van der Waals surface area (Å²) in [7, 11) is 0. The van der Waals surface area contributed by atoms with Gasteiger partial charge in [-0.1, -0.05) is 56.7 Å². The fourth-order valence-corrected chi connectivity index (χ4v) is 2.43. The normalized spacial score (nSPS) is 14.9. The summed E-state index contributed by atoms with van der Waals surface area (Å²) in [5, 5.41) is 0.579. The van der Waals surface area contributed by atoms with E-state index in [0.29, 0.717) is 11.5 Å². The number of fused-ring (bicyclic) bond motifs is 1. The van der Waals surface area contributed by atoms with Crippen LogP contribution in [0, 0.1) is 5.92 Å². The average molecular weight is 303 g/mol. The van der Waals surface area contributed by atoms with Crippen molar-refractivity contribution in [2.45, 2.75) is 46.0 Å². The summed E-state index contributed by atoms with van der Waals surface area (Å²) < 4.78 is 0. The highest BCUT2D eigenvalue weighted by Gasteiger charge is 2.39. The lowest BCUT2D eigenvalue weighted by atomic mass is 10.0. The number of hydrogen-bond acceptors (Lipinski definition) is 4. The molecule has 5 heteroatoms. The van der Waals surface area contributed by atoms with E-state index < -0.39 is 17.8 Å². The molecule has 0 aliphatic carbocycles. The second-order valence-electron chi connectivity index (χ2n) is 5.61. The predicted octanol–water partition coefficient (Wildman–Crippen LogP) is 3.35. The van der Waals surface area contributed by atoms with Crippen LogP contribution in [-0.4, -0.2) is 22.8 Å². The molecule has 1 heterocycles. The Kier molecular flexibility index (Phi) is 5.31. The number of amides is 2. The Hall–Kier alpha value is -2.17. The van der Waals surface area contributed by atoms with Crippen molar-refractivity contribution in [1.29, 1.82) is 0 Å². The average Bonchev–Trinajstić information content (AvgIpc) is 2.77. The maximum Gasteiger partial charge on any atom is 0.335 e. The van der Waals surface area contributed by atoms with Gasteiger partial charge in [-0.3, -0.25) is 9.59 Å². The van der Waals surface area contributed by atoms with Crippen molar-refractivity contribution >= 4 is 17.8 Å². The molecule has 22 heavy (non-hydrogen) atoms. The molecule has 2 rings (SSSR count). The van der Waals surface area contributed by atoms with Crippen molar-refractivity contribution in [1.82, 2.24) is 5.06 Å². The van der Waals surface area contributed by atoms with Crippen molar-refractivity contribution in [2.75, 3.05) is 0 Å². The number of nitrogens with zero attached hydrogens (tertiary/aromatic N) is 1. The van der Waals surface area contributed by atoms with Crippen molar-refractivity contribution in [2.24, 2.45) is 5.92 Å². The number of hydroxylamine groups is 2. The monoisotopic (exact) mass is 303 g/mol. The van der Waals surface area contributed by atoms with Crippen LogP contribution < -0.4 is 0 Å². The molecule has 0 spiro atoms. The van der Waals surface area contributed by atoms with E-state index >= 15 is 0 Å². The highest BCUT2D eigenvalue weighted by molar-refractivity contribution is 6.20. The third-order valence-electron chi connectivity index (χ3n) is 3.83. The van der Waals surface area contributed by atoms with E-state index in [2.05, 4.69) is 6.92 Å². The lowest BCUT2D eigenvalue weighted by Crippen LogP contribution is -2.34. The van der Waals surface area contributed by atoms with Crippen LogP contribution in [0.5, 0.6) is 0 Å². The Labute approximate surface area is 130 Å². The number of carbonyl (C=O) groups is 3. The van der Waals surface area contributed by atoms with Crippen LogP contribution >= 0.6 is 0 Å². The highest BCUT2D eigenvalue weighted by Crippen LogP contribution is 2.23. The van der Waals surface area contributed by atoms with Crippen molar-refractivity contribution in [3.63, 3.8) is 0 Å². The van der Waals surface area contributed by atoms with Crippen LogP contribution in [0.25, 0.3) is 0 Å². The topological polar surface area (TPSA) is 63.7 Å². The molecular formula is C17H21NO4. The molecule has 1 atom stereocenters. The first-order valence-electron chi connectivity index (χ1n) is 7.76. The van der Waals surface area contributed by atoms with Gasteiger partial charge in [0.25, 0.3) is 11.8 Å². The van der Waals surface area contributed by atoms with Gasteiger partial charge in [0, 0.05) is 0 Å². The smallest absolute Gasteiger partial charge is 0.329 e. The minimum absolute atomic E-state index is 0.274. The van der Waals surface area contributed by atoms with Gasteiger partial charge in [-0.15, -0.1) is 0 Å². The third kappa shape index (κ3) is 3.35. The van der Waals surface area contributed by atoms with Crippen molar-refractivity contribution in [3.05, 3.63) is 35.4 Å². The van der Waals surface area contributed by atoms with E-state index in [1.165, 1.54) is 0 Å². The second-order valence-corrected chi connectivity index (χ2v) is 5.61. The minimum Gasteiger partial charge on any atom is -0.329 e. The van der Waals surface area contributed by atoms with E-state index in [0.717, 1.165) is 25.7 Å². The summed E-state index contributed by atoms with van der Waals surface area (Å²) in [5.74, 6) is -2.02. The zero-order valence-electron chi connectivity index (χ0n) is 13.0. The molecule has 5 nitrogen and oxygen atoms in total. The van der Waals surface area contributed by atoms with Crippen LogP contribution in [0.2, 0.25) is 0 Å². The predicted molar refractivity (Wildman–Crippen MR) is 81.0 cm³/mol. The van der Waals surface area contributed by atoms with E-state index in [4.69, 9.17) is 4.84 Å². The zero-order chi connectivity index (χ0) is 16.1. The Bertz CT molecular complexity index is 547. The van der Waals surface area contributed by atoms with E-state index in [1.807, 2.05) is 0 Å². The first-order chi connectivity index (χ1) is 10.6. The van der Waals surface area contributed by atoms with Crippen LogP contribution in [0.4, 0.5) is 0 Å². The highest BCUT2D eigenvalue weighted by atomic mass is 16.7. The zero-order valence-corrected chi connectivity index (χ0v) is 13.0. The standard InChI is InChI=1S/C17H21NO4/c1-3-4-5-6-9-12(2)17(21)22-18-15(19)13-10-7-8-11-14(13)16(18)20/h7-8,10-12H,3-6,9H2,1-2H3. The maximum absolute atomic E-state index is 12.1. The van der Waals surface area contributed by atoms with Crippen LogP contribution in [0.15, 0.2) is 24.3 Å². The van der Waals surface area contributed by atoms with Crippen LogP contribution in [0.1, 0.15) is 66.7 Å². The molecule has 0 fully saturated rings. The Morgan fingerprint density at radius 1 is 1.09 bits per heavy atom. The van der Waals surface area contributed by atoms with Gasteiger partial charge in [-0.05, 0) is 18.6 Å². The summed E-state index contributed by atoms with van der Waals surface area (Å²) in [4.78, 5) is 41.3. The fourth-order valence-electron chi connectivity index (χ4n) is 2.43. The summed E-state index contributed by atoms with van der Waals surface area (Å²) in [6.45, 7) is 3.88. The molecular weight excluding hydrogens is 282 g/mol. The second kappa shape index (κ2) is 7.20. The first kappa shape index (κ1) is 16.2. The van der Waals surface area contributed by atoms with E-state index in [9.17, 15) is 14.4 Å². The van der Waals surface area contributed by atoms with Gasteiger partial charge in [0.1, 0.15) is 0 Å². The molecule has 0 radical (unpaired) electrons.